The third-order valence-corrected chi connectivity index (χ3v) is 6.80. The van der Waals surface area contributed by atoms with E-state index in [9.17, 15) is 26.3 Å². The number of aromatic nitrogens is 2. The SMILES string of the molecule is CCOCC1CN(C2CCCC2)Cc2cnn(CC3CCOCC3)c21.O=C(O)C(F)(F)F.O=C(O)C(F)(F)F. The molecule has 15 heteroatoms. The second-order valence-corrected chi connectivity index (χ2v) is 9.62. The van der Waals surface area contributed by atoms with Crippen LogP contribution in [0.15, 0.2) is 6.20 Å². The number of hydrogen-bond acceptors (Lipinski definition) is 6. The van der Waals surface area contributed by atoms with E-state index >= 15 is 0 Å². The maximum absolute atomic E-state index is 10.6. The summed E-state index contributed by atoms with van der Waals surface area (Å²) >= 11 is 0. The van der Waals surface area contributed by atoms with E-state index < -0.39 is 24.3 Å². The average Bonchev–Trinajstić information content (AvgIpc) is 3.53. The smallest absolute Gasteiger partial charge is 0.475 e. The number of hydrogen-bond donors (Lipinski definition) is 2. The molecule has 2 aliphatic heterocycles. The van der Waals surface area contributed by atoms with Crippen LogP contribution < -0.4 is 0 Å². The van der Waals surface area contributed by atoms with E-state index in [1.165, 1.54) is 49.8 Å². The number of aliphatic carboxylic acids is 2. The Labute approximate surface area is 222 Å². The summed E-state index contributed by atoms with van der Waals surface area (Å²) in [7, 11) is 0. The molecule has 1 saturated carbocycles. The number of nitrogens with zero attached hydrogens (tertiary/aromatic N) is 3. The number of alkyl halides is 6. The largest absolute Gasteiger partial charge is 0.490 e. The molecule has 1 atom stereocenters. The molecule has 1 aromatic rings. The normalized spacial score (nSPS) is 20.8. The number of halogens is 6. The molecule has 224 valence electrons. The highest BCUT2D eigenvalue weighted by molar-refractivity contribution is 5.73. The summed E-state index contributed by atoms with van der Waals surface area (Å²) in [6, 6.07) is 0.774. The first-order valence-corrected chi connectivity index (χ1v) is 12.8. The molecule has 0 bridgehead atoms. The van der Waals surface area contributed by atoms with Gasteiger partial charge in [-0.1, -0.05) is 12.8 Å². The van der Waals surface area contributed by atoms with Gasteiger partial charge < -0.3 is 19.7 Å². The minimum Gasteiger partial charge on any atom is -0.475 e. The highest BCUT2D eigenvalue weighted by Gasteiger charge is 2.39. The molecule has 2 fully saturated rings. The molecule has 39 heavy (non-hydrogen) atoms. The number of carboxylic acids is 2. The molecule has 1 aliphatic carbocycles. The van der Waals surface area contributed by atoms with Crippen LogP contribution in [0, 0.1) is 5.92 Å². The van der Waals surface area contributed by atoms with Crippen LogP contribution in [-0.4, -0.2) is 88.2 Å². The molecular formula is C24H35F6N3O6. The van der Waals surface area contributed by atoms with Crippen molar-refractivity contribution in [1.82, 2.24) is 14.7 Å². The van der Waals surface area contributed by atoms with Gasteiger partial charge in [0.15, 0.2) is 0 Å². The molecule has 1 unspecified atom stereocenters. The highest BCUT2D eigenvalue weighted by atomic mass is 19.4. The van der Waals surface area contributed by atoms with Gasteiger partial charge in [-0.3, -0.25) is 9.58 Å². The van der Waals surface area contributed by atoms with E-state index in [2.05, 4.69) is 22.7 Å². The third kappa shape index (κ3) is 10.6. The van der Waals surface area contributed by atoms with Crippen molar-refractivity contribution in [2.24, 2.45) is 5.92 Å². The molecule has 0 aromatic carbocycles. The van der Waals surface area contributed by atoms with E-state index in [0.29, 0.717) is 11.8 Å². The zero-order chi connectivity index (χ0) is 29.2. The Balaban J connectivity index is 0.000000317. The predicted molar refractivity (Wildman–Crippen MR) is 125 cm³/mol. The molecule has 3 aliphatic rings. The summed E-state index contributed by atoms with van der Waals surface area (Å²) in [5, 5.41) is 19.1. The van der Waals surface area contributed by atoms with Crippen LogP contribution in [0.3, 0.4) is 0 Å². The summed E-state index contributed by atoms with van der Waals surface area (Å²) in [4.78, 5) is 20.5. The average molecular weight is 576 g/mol. The van der Waals surface area contributed by atoms with Gasteiger partial charge in [-0.2, -0.15) is 31.4 Å². The van der Waals surface area contributed by atoms with Gasteiger partial charge in [0.2, 0.25) is 0 Å². The van der Waals surface area contributed by atoms with Gasteiger partial charge in [0.1, 0.15) is 0 Å². The fourth-order valence-corrected chi connectivity index (χ4v) is 4.94. The third-order valence-electron chi connectivity index (χ3n) is 6.80. The Kier molecular flexibility index (Phi) is 12.5. The molecule has 1 saturated heterocycles. The van der Waals surface area contributed by atoms with Gasteiger partial charge in [-0.05, 0) is 38.5 Å². The molecular weight excluding hydrogens is 540 g/mol. The van der Waals surface area contributed by atoms with Crippen molar-refractivity contribution in [3.05, 3.63) is 17.5 Å². The van der Waals surface area contributed by atoms with Crippen molar-refractivity contribution in [2.75, 3.05) is 33.0 Å². The standard InChI is InChI=1S/C20H33N3O2.2C2HF3O2/c1-2-24-15-18-14-22(19-5-3-4-6-19)13-17-11-21-23(20(17)18)12-16-7-9-25-10-8-16;2*3-2(4,5)1(6)7/h11,16,18-19H,2-10,12-15H2,1H3;2*(H,6,7). The van der Waals surface area contributed by atoms with Gasteiger partial charge in [0, 0.05) is 62.7 Å². The molecule has 1 aromatic heterocycles. The topological polar surface area (TPSA) is 114 Å². The van der Waals surface area contributed by atoms with Crippen molar-refractivity contribution in [3.63, 3.8) is 0 Å². The zero-order valence-corrected chi connectivity index (χ0v) is 21.6. The lowest BCUT2D eigenvalue weighted by Crippen LogP contribution is -2.41. The number of fused-ring (bicyclic) bond motifs is 1. The first-order valence-electron chi connectivity index (χ1n) is 12.8. The Bertz CT molecular complexity index is 887. The van der Waals surface area contributed by atoms with E-state index in [4.69, 9.17) is 34.4 Å². The molecule has 0 spiro atoms. The Morgan fingerprint density at radius 3 is 2.05 bits per heavy atom. The van der Waals surface area contributed by atoms with E-state index in [-0.39, 0.29) is 0 Å². The minimum absolute atomic E-state index is 0.464. The number of carbonyl (C=O) groups is 2. The number of rotatable bonds is 6. The maximum atomic E-state index is 10.6. The van der Waals surface area contributed by atoms with Gasteiger partial charge in [0.25, 0.3) is 0 Å². The van der Waals surface area contributed by atoms with Crippen molar-refractivity contribution in [3.8, 4) is 0 Å². The molecule has 9 nitrogen and oxygen atoms in total. The quantitative estimate of drug-likeness (QED) is 0.479. The van der Waals surface area contributed by atoms with Gasteiger partial charge >= 0.3 is 24.3 Å². The maximum Gasteiger partial charge on any atom is 0.490 e. The number of carboxylic acid groups (broad SMARTS) is 2. The molecule has 3 heterocycles. The van der Waals surface area contributed by atoms with Gasteiger partial charge in [-0.25, -0.2) is 9.59 Å². The fraction of sp³-hybridized carbons (Fsp3) is 0.792. The van der Waals surface area contributed by atoms with Crippen LogP contribution in [0.4, 0.5) is 26.3 Å². The lowest BCUT2D eigenvalue weighted by atomic mass is 9.94. The monoisotopic (exact) mass is 575 g/mol. The van der Waals surface area contributed by atoms with Crippen molar-refractivity contribution >= 4 is 11.9 Å². The van der Waals surface area contributed by atoms with Crippen LogP contribution in [0.1, 0.15) is 62.6 Å². The van der Waals surface area contributed by atoms with Crippen LogP contribution in [-0.2, 0) is 32.2 Å². The Morgan fingerprint density at radius 2 is 1.56 bits per heavy atom. The zero-order valence-electron chi connectivity index (χ0n) is 21.6. The summed E-state index contributed by atoms with van der Waals surface area (Å²) < 4.78 is 77.2. The second kappa shape index (κ2) is 14.8. The van der Waals surface area contributed by atoms with E-state index in [1.807, 2.05) is 0 Å². The summed E-state index contributed by atoms with van der Waals surface area (Å²) in [5.41, 5.74) is 2.89. The van der Waals surface area contributed by atoms with Crippen LogP contribution in [0.25, 0.3) is 0 Å². The molecule has 4 rings (SSSR count). The predicted octanol–water partition coefficient (Wildman–Crippen LogP) is 4.45. The van der Waals surface area contributed by atoms with E-state index in [1.54, 1.807) is 0 Å². The van der Waals surface area contributed by atoms with Crippen molar-refractivity contribution < 1.29 is 55.6 Å². The van der Waals surface area contributed by atoms with Crippen LogP contribution >= 0.6 is 0 Å². The summed E-state index contributed by atoms with van der Waals surface area (Å²) in [5.74, 6) is -4.34. The minimum atomic E-state index is -5.08. The van der Waals surface area contributed by atoms with Gasteiger partial charge in [0.05, 0.1) is 12.8 Å². The molecule has 0 radical (unpaired) electrons. The van der Waals surface area contributed by atoms with Crippen molar-refractivity contribution in [2.45, 2.75) is 82.9 Å². The molecule has 2 N–H and O–H groups in total. The first-order chi connectivity index (χ1) is 18.2. The number of ether oxygens (including phenoxy) is 2. The Morgan fingerprint density at radius 1 is 1.03 bits per heavy atom. The summed E-state index contributed by atoms with van der Waals surface area (Å²) in [6.07, 6.45) is -0.174. The second-order valence-electron chi connectivity index (χ2n) is 9.62. The highest BCUT2D eigenvalue weighted by Crippen LogP contribution is 2.34. The molecule has 0 amide bonds. The Hall–Kier alpha value is -2.39. The van der Waals surface area contributed by atoms with E-state index in [0.717, 1.165) is 52.1 Å². The fourth-order valence-electron chi connectivity index (χ4n) is 4.94. The first kappa shape index (κ1) is 32.8. The summed E-state index contributed by atoms with van der Waals surface area (Å²) in [6.45, 7) is 8.80. The van der Waals surface area contributed by atoms with Crippen LogP contribution in [0.5, 0.6) is 0 Å². The van der Waals surface area contributed by atoms with Crippen LogP contribution in [0.2, 0.25) is 0 Å². The lowest BCUT2D eigenvalue weighted by Gasteiger charge is -2.37. The van der Waals surface area contributed by atoms with Gasteiger partial charge in [-0.15, -0.1) is 0 Å². The van der Waals surface area contributed by atoms with Crippen molar-refractivity contribution in [1.29, 1.82) is 0 Å². The lowest BCUT2D eigenvalue weighted by molar-refractivity contribution is -0.193.